The maximum absolute atomic E-state index is 12.9. The van der Waals surface area contributed by atoms with Crippen LogP contribution in [0.2, 0.25) is 0 Å². The molecular formula is C21H26N2O3. The molecule has 5 heteroatoms. The van der Waals surface area contributed by atoms with Crippen molar-refractivity contribution in [2.75, 3.05) is 19.8 Å². The summed E-state index contributed by atoms with van der Waals surface area (Å²) in [4.78, 5) is 17.1. The van der Waals surface area contributed by atoms with E-state index in [1.165, 1.54) is 0 Å². The lowest BCUT2D eigenvalue weighted by molar-refractivity contribution is -0.137. The highest BCUT2D eigenvalue weighted by Gasteiger charge is 2.40. The molecule has 1 unspecified atom stereocenters. The van der Waals surface area contributed by atoms with Gasteiger partial charge in [0.05, 0.1) is 11.5 Å². The summed E-state index contributed by atoms with van der Waals surface area (Å²) in [6.07, 6.45) is 5.10. The van der Waals surface area contributed by atoms with Gasteiger partial charge in [-0.25, -0.2) is 0 Å². The van der Waals surface area contributed by atoms with E-state index in [2.05, 4.69) is 28.5 Å². The van der Waals surface area contributed by atoms with Gasteiger partial charge in [0.25, 0.3) is 0 Å². The number of benzene rings is 1. The van der Waals surface area contributed by atoms with Crippen molar-refractivity contribution in [1.82, 2.24) is 10.3 Å². The van der Waals surface area contributed by atoms with Gasteiger partial charge in [-0.2, -0.15) is 0 Å². The van der Waals surface area contributed by atoms with Crippen LogP contribution in [0.3, 0.4) is 0 Å². The molecule has 5 nitrogen and oxygen atoms in total. The van der Waals surface area contributed by atoms with E-state index in [0.717, 1.165) is 16.7 Å². The van der Waals surface area contributed by atoms with Crippen LogP contribution in [0, 0.1) is 5.41 Å². The standard InChI is InChI=1S/C21H26N2O3/c1-16(24)14-23-20(25)21(7-10-26-11-8-21)13-17-4-2-5-18(12-17)19-6-3-9-22-15-19/h2-6,9,12,15-16,24H,7-8,10-11,13-14H2,1H3,(H,23,25). The van der Waals surface area contributed by atoms with Gasteiger partial charge in [0.2, 0.25) is 5.91 Å². The SMILES string of the molecule is CC(O)CNC(=O)C1(Cc2cccc(-c3cccnc3)c2)CCOCC1. The fourth-order valence-corrected chi connectivity index (χ4v) is 3.46. The van der Waals surface area contributed by atoms with Crippen LogP contribution < -0.4 is 5.32 Å². The van der Waals surface area contributed by atoms with Crippen LogP contribution in [-0.2, 0) is 16.0 Å². The van der Waals surface area contributed by atoms with Crippen LogP contribution in [0.15, 0.2) is 48.8 Å². The zero-order valence-corrected chi connectivity index (χ0v) is 15.1. The number of pyridine rings is 1. The quantitative estimate of drug-likeness (QED) is 0.836. The number of rotatable bonds is 6. The number of nitrogens with zero attached hydrogens (tertiary/aromatic N) is 1. The Morgan fingerprint density at radius 2 is 2.04 bits per heavy atom. The van der Waals surface area contributed by atoms with Crippen LogP contribution in [0.4, 0.5) is 0 Å². The lowest BCUT2D eigenvalue weighted by Gasteiger charge is -2.36. The molecule has 1 fully saturated rings. The first-order valence-corrected chi connectivity index (χ1v) is 9.12. The molecule has 2 heterocycles. The molecule has 1 aliphatic rings. The number of hydrogen-bond acceptors (Lipinski definition) is 4. The van der Waals surface area contributed by atoms with Crippen molar-refractivity contribution in [1.29, 1.82) is 0 Å². The number of hydrogen-bond donors (Lipinski definition) is 2. The Bertz CT molecular complexity index is 725. The summed E-state index contributed by atoms with van der Waals surface area (Å²) >= 11 is 0. The average molecular weight is 354 g/mol. The van der Waals surface area contributed by atoms with Crippen LogP contribution in [0.25, 0.3) is 11.1 Å². The fourth-order valence-electron chi connectivity index (χ4n) is 3.46. The van der Waals surface area contributed by atoms with Gasteiger partial charge in [-0.1, -0.05) is 30.3 Å². The first kappa shape index (κ1) is 18.5. The fraction of sp³-hybridized carbons (Fsp3) is 0.429. The normalized spacial score (nSPS) is 17.5. The van der Waals surface area contributed by atoms with Crippen LogP contribution >= 0.6 is 0 Å². The molecule has 1 aromatic heterocycles. The first-order chi connectivity index (χ1) is 12.6. The highest BCUT2D eigenvalue weighted by molar-refractivity contribution is 5.83. The van der Waals surface area contributed by atoms with E-state index in [-0.39, 0.29) is 12.5 Å². The lowest BCUT2D eigenvalue weighted by atomic mass is 9.74. The minimum absolute atomic E-state index is 0.00785. The maximum atomic E-state index is 12.9. The number of aliphatic hydroxyl groups excluding tert-OH is 1. The first-order valence-electron chi connectivity index (χ1n) is 9.12. The molecule has 1 aliphatic heterocycles. The third kappa shape index (κ3) is 4.48. The molecule has 0 bridgehead atoms. The molecule has 26 heavy (non-hydrogen) atoms. The van der Waals surface area contributed by atoms with Gasteiger partial charge in [-0.05, 0) is 48.9 Å². The Morgan fingerprint density at radius 3 is 2.73 bits per heavy atom. The van der Waals surface area contributed by atoms with Crippen molar-refractivity contribution >= 4 is 5.91 Å². The number of amides is 1. The van der Waals surface area contributed by atoms with Gasteiger partial charge in [0.1, 0.15) is 0 Å². The van der Waals surface area contributed by atoms with E-state index in [0.29, 0.717) is 32.5 Å². The zero-order chi connectivity index (χ0) is 18.4. The molecule has 1 amide bonds. The van der Waals surface area contributed by atoms with Crippen LogP contribution in [0.5, 0.6) is 0 Å². The number of aromatic nitrogens is 1. The molecule has 2 N–H and O–H groups in total. The second kappa shape index (κ2) is 8.43. The van der Waals surface area contributed by atoms with Crippen molar-refractivity contribution < 1.29 is 14.6 Å². The highest BCUT2D eigenvalue weighted by Crippen LogP contribution is 2.35. The summed E-state index contributed by atoms with van der Waals surface area (Å²) < 4.78 is 5.49. The summed E-state index contributed by atoms with van der Waals surface area (Å²) in [7, 11) is 0. The smallest absolute Gasteiger partial charge is 0.226 e. The van der Waals surface area contributed by atoms with E-state index in [1.54, 1.807) is 13.1 Å². The largest absolute Gasteiger partial charge is 0.392 e. The van der Waals surface area contributed by atoms with E-state index in [9.17, 15) is 9.90 Å². The zero-order valence-electron chi connectivity index (χ0n) is 15.1. The number of carbonyl (C=O) groups is 1. The molecule has 2 aromatic rings. The lowest BCUT2D eigenvalue weighted by Crippen LogP contribution is -2.47. The molecule has 1 saturated heterocycles. The number of ether oxygens (including phenoxy) is 1. The van der Waals surface area contributed by atoms with E-state index < -0.39 is 11.5 Å². The summed E-state index contributed by atoms with van der Waals surface area (Å²) in [6.45, 7) is 3.13. The summed E-state index contributed by atoms with van der Waals surface area (Å²) in [6, 6.07) is 12.2. The summed E-state index contributed by atoms with van der Waals surface area (Å²) in [5.74, 6) is 0.00785. The maximum Gasteiger partial charge on any atom is 0.226 e. The van der Waals surface area contributed by atoms with Crippen molar-refractivity contribution in [2.24, 2.45) is 5.41 Å². The van der Waals surface area contributed by atoms with Crippen molar-refractivity contribution in [3.05, 3.63) is 54.4 Å². The highest BCUT2D eigenvalue weighted by atomic mass is 16.5. The Hall–Kier alpha value is -2.24. The molecule has 0 saturated carbocycles. The molecule has 3 rings (SSSR count). The topological polar surface area (TPSA) is 71.5 Å². The third-order valence-corrected chi connectivity index (χ3v) is 4.95. The Balaban J connectivity index is 1.82. The number of nitrogens with one attached hydrogen (secondary N) is 1. The van der Waals surface area contributed by atoms with Crippen LogP contribution in [-0.4, -0.2) is 41.9 Å². The van der Waals surface area contributed by atoms with E-state index >= 15 is 0 Å². The van der Waals surface area contributed by atoms with Crippen molar-refractivity contribution in [3.8, 4) is 11.1 Å². The van der Waals surface area contributed by atoms with Crippen molar-refractivity contribution in [2.45, 2.75) is 32.3 Å². The molecule has 0 spiro atoms. The van der Waals surface area contributed by atoms with Gasteiger partial charge in [0.15, 0.2) is 0 Å². The molecule has 1 aromatic carbocycles. The van der Waals surface area contributed by atoms with Gasteiger partial charge in [-0.15, -0.1) is 0 Å². The van der Waals surface area contributed by atoms with Gasteiger partial charge in [-0.3, -0.25) is 9.78 Å². The van der Waals surface area contributed by atoms with E-state index in [1.807, 2.05) is 24.4 Å². The second-order valence-corrected chi connectivity index (χ2v) is 7.07. The molecule has 1 atom stereocenters. The van der Waals surface area contributed by atoms with Gasteiger partial charge < -0.3 is 15.2 Å². The third-order valence-electron chi connectivity index (χ3n) is 4.95. The molecular weight excluding hydrogens is 328 g/mol. The number of aliphatic hydroxyl groups is 1. The second-order valence-electron chi connectivity index (χ2n) is 7.07. The van der Waals surface area contributed by atoms with Crippen molar-refractivity contribution in [3.63, 3.8) is 0 Å². The average Bonchev–Trinajstić information content (AvgIpc) is 2.67. The molecule has 0 aliphatic carbocycles. The summed E-state index contributed by atoms with van der Waals surface area (Å²) in [5.41, 5.74) is 2.80. The Kier molecular flexibility index (Phi) is 6.01. The van der Waals surface area contributed by atoms with Gasteiger partial charge in [0, 0.05) is 32.2 Å². The minimum Gasteiger partial charge on any atom is -0.392 e. The Morgan fingerprint density at radius 1 is 1.27 bits per heavy atom. The summed E-state index contributed by atoms with van der Waals surface area (Å²) in [5, 5.41) is 12.4. The molecule has 138 valence electrons. The Labute approximate surface area is 154 Å². The van der Waals surface area contributed by atoms with E-state index in [4.69, 9.17) is 4.74 Å². The van der Waals surface area contributed by atoms with Crippen LogP contribution in [0.1, 0.15) is 25.3 Å². The van der Waals surface area contributed by atoms with Gasteiger partial charge >= 0.3 is 0 Å². The number of carbonyl (C=O) groups excluding carboxylic acids is 1. The molecule has 0 radical (unpaired) electrons. The minimum atomic E-state index is -0.551. The monoisotopic (exact) mass is 354 g/mol. The predicted octanol–water partition coefficient (Wildman–Crippen LogP) is 2.58. The predicted molar refractivity (Wildman–Crippen MR) is 101 cm³/mol.